The van der Waals surface area contributed by atoms with Crippen LogP contribution in [-0.2, 0) is 18.3 Å². The Balaban J connectivity index is 1.65. The zero-order chi connectivity index (χ0) is 17.3. The zero-order valence-electron chi connectivity index (χ0n) is 13.6. The lowest BCUT2D eigenvalue weighted by Gasteiger charge is -2.24. The maximum Gasteiger partial charge on any atom is 0.261 e. The minimum absolute atomic E-state index is 0.106. The normalized spacial score (nSPS) is 17.9. The fourth-order valence-corrected chi connectivity index (χ4v) is 2.91. The van der Waals surface area contributed by atoms with Crippen molar-refractivity contribution in [2.45, 2.75) is 38.3 Å². The van der Waals surface area contributed by atoms with Gasteiger partial charge in [-0.05, 0) is 38.3 Å². The highest BCUT2D eigenvalue weighted by Crippen LogP contribution is 2.28. The van der Waals surface area contributed by atoms with Gasteiger partial charge in [-0.3, -0.25) is 9.48 Å². The van der Waals surface area contributed by atoms with Crippen LogP contribution in [0.15, 0.2) is 24.4 Å². The smallest absolute Gasteiger partial charge is 0.261 e. The SMILES string of the molecule is C[C@@H](Oc1ccc(F)c(F)c1)C(=O)N[C@H]1CCCc2nn(C)cc21. The molecule has 0 unspecified atom stereocenters. The van der Waals surface area contributed by atoms with Gasteiger partial charge in [0.2, 0.25) is 0 Å². The summed E-state index contributed by atoms with van der Waals surface area (Å²) in [4.78, 5) is 12.4. The maximum atomic E-state index is 13.2. The molecule has 1 aliphatic rings. The lowest BCUT2D eigenvalue weighted by Crippen LogP contribution is -2.39. The summed E-state index contributed by atoms with van der Waals surface area (Å²) in [5.74, 6) is -2.15. The quantitative estimate of drug-likeness (QED) is 0.935. The van der Waals surface area contributed by atoms with E-state index in [4.69, 9.17) is 4.74 Å². The highest BCUT2D eigenvalue weighted by atomic mass is 19.2. The van der Waals surface area contributed by atoms with E-state index < -0.39 is 17.7 Å². The molecular weight excluding hydrogens is 316 g/mol. The summed E-state index contributed by atoms with van der Waals surface area (Å²) in [6, 6.07) is 3.09. The molecule has 5 nitrogen and oxygen atoms in total. The van der Waals surface area contributed by atoms with Crippen molar-refractivity contribution < 1.29 is 18.3 Å². The molecule has 1 aliphatic carbocycles. The molecular formula is C17H19F2N3O2. The van der Waals surface area contributed by atoms with E-state index in [0.29, 0.717) is 0 Å². The molecule has 7 heteroatoms. The van der Waals surface area contributed by atoms with Crippen LogP contribution in [0.4, 0.5) is 8.78 Å². The minimum Gasteiger partial charge on any atom is -0.481 e. The van der Waals surface area contributed by atoms with E-state index in [1.54, 1.807) is 11.6 Å². The summed E-state index contributed by atoms with van der Waals surface area (Å²) in [6.07, 6.45) is 3.79. The lowest BCUT2D eigenvalue weighted by molar-refractivity contribution is -0.128. The monoisotopic (exact) mass is 335 g/mol. The number of aromatic nitrogens is 2. The van der Waals surface area contributed by atoms with Gasteiger partial charge in [-0.15, -0.1) is 0 Å². The van der Waals surface area contributed by atoms with Crippen molar-refractivity contribution in [1.82, 2.24) is 15.1 Å². The highest BCUT2D eigenvalue weighted by molar-refractivity contribution is 5.81. The zero-order valence-corrected chi connectivity index (χ0v) is 13.6. The second-order valence-corrected chi connectivity index (χ2v) is 5.99. The molecule has 3 rings (SSSR count). The van der Waals surface area contributed by atoms with Gasteiger partial charge in [0, 0.05) is 24.9 Å². The topological polar surface area (TPSA) is 56.1 Å². The van der Waals surface area contributed by atoms with Gasteiger partial charge in [0.05, 0.1) is 11.7 Å². The molecule has 0 spiro atoms. The summed E-state index contributed by atoms with van der Waals surface area (Å²) in [5, 5.41) is 7.35. The number of halogens is 2. The van der Waals surface area contributed by atoms with Gasteiger partial charge in [0.25, 0.3) is 5.91 Å². The number of hydrogen-bond acceptors (Lipinski definition) is 3. The molecule has 2 atom stereocenters. The van der Waals surface area contributed by atoms with Crippen LogP contribution >= 0.6 is 0 Å². The van der Waals surface area contributed by atoms with E-state index in [1.807, 2.05) is 13.2 Å². The molecule has 2 aromatic rings. The number of ether oxygens (including phenoxy) is 1. The van der Waals surface area contributed by atoms with Gasteiger partial charge in [-0.1, -0.05) is 0 Å². The Kier molecular flexibility index (Phi) is 4.51. The molecule has 1 aromatic heterocycles. The maximum absolute atomic E-state index is 13.2. The molecule has 0 radical (unpaired) electrons. The molecule has 128 valence electrons. The standard InChI is InChI=1S/C17H19F2N3O2/c1-10(24-11-6-7-13(18)14(19)8-11)17(23)20-15-4-3-5-16-12(15)9-22(2)21-16/h6-10,15H,3-5H2,1-2H3,(H,20,23)/t10-,15+/m1/s1. The Morgan fingerprint density at radius 1 is 1.42 bits per heavy atom. The third kappa shape index (κ3) is 3.39. The number of hydrogen-bond donors (Lipinski definition) is 1. The third-order valence-corrected chi connectivity index (χ3v) is 4.11. The molecule has 0 saturated heterocycles. The van der Waals surface area contributed by atoms with E-state index >= 15 is 0 Å². The average molecular weight is 335 g/mol. The van der Waals surface area contributed by atoms with Crippen LogP contribution in [0.3, 0.4) is 0 Å². The first-order chi connectivity index (χ1) is 11.4. The summed E-state index contributed by atoms with van der Waals surface area (Å²) < 4.78 is 33.3. The fourth-order valence-electron chi connectivity index (χ4n) is 2.91. The van der Waals surface area contributed by atoms with E-state index in [2.05, 4.69) is 10.4 Å². The number of aryl methyl sites for hydroxylation is 2. The number of carbonyl (C=O) groups excluding carboxylic acids is 1. The van der Waals surface area contributed by atoms with Crippen molar-refractivity contribution in [3.05, 3.63) is 47.3 Å². The molecule has 0 bridgehead atoms. The van der Waals surface area contributed by atoms with Crippen molar-refractivity contribution in [3.8, 4) is 5.75 Å². The van der Waals surface area contributed by atoms with E-state index in [0.717, 1.165) is 42.7 Å². The molecule has 0 saturated carbocycles. The van der Waals surface area contributed by atoms with Gasteiger partial charge in [-0.25, -0.2) is 8.78 Å². The number of nitrogens with one attached hydrogen (secondary N) is 1. The molecule has 1 N–H and O–H groups in total. The first-order valence-electron chi connectivity index (χ1n) is 7.88. The Bertz CT molecular complexity index is 760. The van der Waals surface area contributed by atoms with E-state index in [1.165, 1.54) is 6.07 Å². The Labute approximate surface area is 138 Å². The molecule has 0 fully saturated rings. The van der Waals surface area contributed by atoms with E-state index in [9.17, 15) is 13.6 Å². The summed E-state index contributed by atoms with van der Waals surface area (Å²) >= 11 is 0. The number of nitrogens with zero attached hydrogens (tertiary/aromatic N) is 2. The first kappa shape index (κ1) is 16.4. The van der Waals surface area contributed by atoms with Gasteiger partial charge < -0.3 is 10.1 Å². The summed E-state index contributed by atoms with van der Waals surface area (Å²) in [5.41, 5.74) is 2.03. The number of benzene rings is 1. The van der Waals surface area contributed by atoms with Crippen molar-refractivity contribution in [2.75, 3.05) is 0 Å². The van der Waals surface area contributed by atoms with Crippen LogP contribution in [0.5, 0.6) is 5.75 Å². The second kappa shape index (κ2) is 6.59. The molecule has 0 aliphatic heterocycles. The Hall–Kier alpha value is -2.44. The first-order valence-corrected chi connectivity index (χ1v) is 7.88. The van der Waals surface area contributed by atoms with Gasteiger partial charge in [0.1, 0.15) is 5.75 Å². The fraction of sp³-hybridized carbons (Fsp3) is 0.412. The number of rotatable bonds is 4. The number of amides is 1. The van der Waals surface area contributed by atoms with Crippen LogP contribution in [0, 0.1) is 11.6 Å². The average Bonchev–Trinajstić information content (AvgIpc) is 2.92. The lowest BCUT2D eigenvalue weighted by atomic mass is 9.93. The third-order valence-electron chi connectivity index (χ3n) is 4.11. The molecule has 1 heterocycles. The number of carbonyl (C=O) groups is 1. The molecule has 1 aromatic carbocycles. The van der Waals surface area contributed by atoms with Crippen LogP contribution in [-0.4, -0.2) is 21.8 Å². The van der Waals surface area contributed by atoms with Gasteiger partial charge >= 0.3 is 0 Å². The molecule has 1 amide bonds. The van der Waals surface area contributed by atoms with Crippen molar-refractivity contribution >= 4 is 5.91 Å². The van der Waals surface area contributed by atoms with Gasteiger partial charge in [-0.2, -0.15) is 5.10 Å². The highest BCUT2D eigenvalue weighted by Gasteiger charge is 2.26. The predicted octanol–water partition coefficient (Wildman–Crippen LogP) is 2.66. The predicted molar refractivity (Wildman–Crippen MR) is 83.5 cm³/mol. The largest absolute Gasteiger partial charge is 0.481 e. The van der Waals surface area contributed by atoms with Crippen molar-refractivity contribution in [2.24, 2.45) is 7.05 Å². The minimum atomic E-state index is -1.01. The second-order valence-electron chi connectivity index (χ2n) is 5.99. The van der Waals surface area contributed by atoms with Crippen LogP contribution in [0.2, 0.25) is 0 Å². The molecule has 24 heavy (non-hydrogen) atoms. The van der Waals surface area contributed by atoms with Crippen LogP contribution in [0.1, 0.15) is 37.1 Å². The van der Waals surface area contributed by atoms with Crippen molar-refractivity contribution in [1.29, 1.82) is 0 Å². The van der Waals surface area contributed by atoms with Gasteiger partial charge in [0.15, 0.2) is 17.7 Å². The van der Waals surface area contributed by atoms with Crippen LogP contribution in [0.25, 0.3) is 0 Å². The summed E-state index contributed by atoms with van der Waals surface area (Å²) in [6.45, 7) is 1.57. The van der Waals surface area contributed by atoms with Crippen molar-refractivity contribution in [3.63, 3.8) is 0 Å². The Morgan fingerprint density at radius 2 is 2.21 bits per heavy atom. The van der Waals surface area contributed by atoms with E-state index in [-0.39, 0.29) is 17.7 Å². The van der Waals surface area contributed by atoms with Crippen LogP contribution < -0.4 is 10.1 Å². The number of fused-ring (bicyclic) bond motifs is 1. The summed E-state index contributed by atoms with van der Waals surface area (Å²) in [7, 11) is 1.85. The Morgan fingerprint density at radius 3 is 2.96 bits per heavy atom.